The molecule has 1 atom stereocenters. The monoisotopic (exact) mass is 820 g/mol. The van der Waals surface area contributed by atoms with Crippen molar-refractivity contribution in [2.75, 3.05) is 83.7 Å². The first-order chi connectivity index (χ1) is 27.3. The number of esters is 1. The number of carbonyl (C=O) groups is 4. The smallest absolute Gasteiger partial charge is 0.418 e. The number of piperidine rings is 3. The number of nitrogen functional groups attached to an aromatic ring is 1. The fourth-order valence-electron chi connectivity index (χ4n) is 8.56. The third-order valence-corrected chi connectivity index (χ3v) is 12.1. The van der Waals surface area contributed by atoms with E-state index in [-0.39, 0.29) is 61.3 Å². The van der Waals surface area contributed by atoms with Crippen molar-refractivity contribution in [3.05, 3.63) is 58.1 Å². The second-order valence-electron chi connectivity index (χ2n) is 15.4. The summed E-state index contributed by atoms with van der Waals surface area (Å²) in [4.78, 5) is 60.1. The van der Waals surface area contributed by atoms with Crippen LogP contribution in [-0.4, -0.2) is 128 Å². The number of urea groups is 1. The second-order valence-corrected chi connectivity index (χ2v) is 15.8. The van der Waals surface area contributed by atoms with Gasteiger partial charge in [-0.1, -0.05) is 29.8 Å². The summed E-state index contributed by atoms with van der Waals surface area (Å²) < 4.78 is 57.7. The van der Waals surface area contributed by atoms with Crippen LogP contribution in [0.15, 0.2) is 36.4 Å². The van der Waals surface area contributed by atoms with E-state index in [4.69, 9.17) is 31.5 Å². The first-order valence-corrected chi connectivity index (χ1v) is 20.1. The predicted octanol–water partition coefficient (Wildman–Crippen LogP) is 5.68. The summed E-state index contributed by atoms with van der Waals surface area (Å²) in [6.07, 6.45) is -2.32. The molecule has 0 bridgehead atoms. The molecular formula is C40H52ClF3N6O7. The molecule has 57 heavy (non-hydrogen) atoms. The number of nitrogens with one attached hydrogen (secondary N) is 1. The topological polar surface area (TPSA) is 147 Å². The molecule has 2 aromatic rings. The molecule has 4 heterocycles. The molecule has 6 rings (SSSR count). The van der Waals surface area contributed by atoms with Gasteiger partial charge in [-0.15, -0.1) is 0 Å². The third kappa shape index (κ3) is 10.8. The number of nitrogens with zero attached hydrogens (tertiary/aromatic N) is 4. The lowest BCUT2D eigenvalue weighted by molar-refractivity contribution is -0.146. The first-order valence-electron chi connectivity index (χ1n) is 19.7. The van der Waals surface area contributed by atoms with E-state index in [2.05, 4.69) is 10.2 Å². The van der Waals surface area contributed by atoms with Gasteiger partial charge in [0.05, 0.1) is 29.4 Å². The van der Waals surface area contributed by atoms with Crippen molar-refractivity contribution >= 4 is 47.0 Å². The molecule has 17 heteroatoms. The van der Waals surface area contributed by atoms with Crippen molar-refractivity contribution in [3.8, 4) is 0 Å². The van der Waals surface area contributed by atoms with Gasteiger partial charge in [0, 0.05) is 58.0 Å². The number of halogens is 4. The van der Waals surface area contributed by atoms with Crippen LogP contribution in [0.3, 0.4) is 0 Å². The number of methoxy groups -OCH3 is 1. The molecule has 2 aromatic carbocycles. The minimum Gasteiger partial charge on any atom is -0.462 e. The highest BCUT2D eigenvalue weighted by molar-refractivity contribution is 6.33. The maximum atomic E-state index is 14.1. The van der Waals surface area contributed by atoms with Crippen LogP contribution in [0.2, 0.25) is 5.02 Å². The Morgan fingerprint density at radius 1 is 0.912 bits per heavy atom. The van der Waals surface area contributed by atoms with E-state index >= 15 is 0 Å². The van der Waals surface area contributed by atoms with Crippen LogP contribution in [0.4, 0.5) is 34.1 Å². The van der Waals surface area contributed by atoms with Crippen LogP contribution in [0.1, 0.15) is 55.2 Å². The van der Waals surface area contributed by atoms with E-state index in [1.54, 1.807) is 16.9 Å². The Morgan fingerprint density at radius 2 is 1.56 bits per heavy atom. The molecule has 312 valence electrons. The minimum absolute atomic E-state index is 0.0591. The largest absolute Gasteiger partial charge is 0.462 e. The van der Waals surface area contributed by atoms with Gasteiger partial charge in [-0.05, 0) is 99.2 Å². The van der Waals surface area contributed by atoms with Gasteiger partial charge in [-0.2, -0.15) is 13.2 Å². The highest BCUT2D eigenvalue weighted by Crippen LogP contribution is 2.39. The average Bonchev–Trinajstić information content (AvgIpc) is 3.36. The Hall–Kier alpha value is -4.28. The van der Waals surface area contributed by atoms with E-state index in [1.165, 1.54) is 11.0 Å². The summed E-state index contributed by atoms with van der Waals surface area (Å²) in [5.74, 6) is 0.0214. The van der Waals surface area contributed by atoms with Gasteiger partial charge in [-0.25, -0.2) is 9.59 Å². The maximum absolute atomic E-state index is 14.1. The zero-order chi connectivity index (χ0) is 40.7. The summed E-state index contributed by atoms with van der Waals surface area (Å²) >= 11 is 6.14. The van der Waals surface area contributed by atoms with Crippen LogP contribution >= 0.6 is 11.6 Å². The molecule has 0 aromatic heterocycles. The standard InChI is InChI=1S/C40H52ClF3N6O7/c1-55-20-21-56-35(51)25-47-13-6-27(7-14-47)28-8-15-48(16-9-28)37(52)34(24-26-22-31(40(42,43)44)36(45)32(41)23-26)57-39(54)49-17-11-30(12-18-49)50-19-10-29-4-2-3-5-33(29)46-38(50)53/h2-5,22-23,27-28,30,34H,6-21,24-25,45H2,1H3,(H,46,53)/t34-/m1/s1. The Labute approximate surface area is 335 Å². The number of ether oxygens (including phenoxy) is 3. The number of para-hydroxylation sites is 1. The lowest BCUT2D eigenvalue weighted by atomic mass is 9.78. The fraction of sp³-hybridized carbons (Fsp3) is 0.600. The molecule has 3 fully saturated rings. The molecule has 4 aliphatic heterocycles. The maximum Gasteiger partial charge on any atom is 0.418 e. The van der Waals surface area contributed by atoms with Crippen molar-refractivity contribution in [1.82, 2.24) is 19.6 Å². The molecule has 0 unspecified atom stereocenters. The number of hydrogen-bond acceptors (Lipinski definition) is 9. The van der Waals surface area contributed by atoms with E-state index in [0.29, 0.717) is 57.3 Å². The number of rotatable bonds is 11. The molecule has 3 N–H and O–H groups in total. The minimum atomic E-state index is -4.79. The summed E-state index contributed by atoms with van der Waals surface area (Å²) in [7, 11) is 1.55. The average molecular weight is 821 g/mol. The molecule has 13 nitrogen and oxygen atoms in total. The van der Waals surface area contributed by atoms with Gasteiger partial charge in [0.2, 0.25) is 0 Å². The van der Waals surface area contributed by atoms with Gasteiger partial charge in [0.15, 0.2) is 6.10 Å². The quantitative estimate of drug-likeness (QED) is 0.166. The first kappa shape index (κ1) is 42.3. The highest BCUT2D eigenvalue weighted by Gasteiger charge is 2.39. The number of carbonyl (C=O) groups excluding carboxylic acids is 4. The Morgan fingerprint density at radius 3 is 2.23 bits per heavy atom. The third-order valence-electron chi connectivity index (χ3n) is 11.8. The van der Waals surface area contributed by atoms with Crippen molar-refractivity contribution < 1.29 is 46.6 Å². The number of likely N-dealkylation sites (tertiary alicyclic amines) is 3. The zero-order valence-electron chi connectivity index (χ0n) is 32.2. The van der Waals surface area contributed by atoms with E-state index in [1.807, 2.05) is 24.3 Å². The van der Waals surface area contributed by atoms with Crippen molar-refractivity contribution in [2.45, 2.75) is 69.7 Å². The van der Waals surface area contributed by atoms with Gasteiger partial charge >= 0.3 is 24.3 Å². The normalized spacial score (nSPS) is 19.7. The number of nitrogens with two attached hydrogens (primary N) is 1. The number of fused-ring (bicyclic) bond motifs is 1. The van der Waals surface area contributed by atoms with Crippen molar-refractivity contribution in [1.29, 1.82) is 0 Å². The highest BCUT2D eigenvalue weighted by atomic mass is 35.5. The van der Waals surface area contributed by atoms with Crippen LogP contribution in [0.25, 0.3) is 0 Å². The lowest BCUT2D eigenvalue weighted by Crippen LogP contribution is -2.52. The molecule has 4 aliphatic rings. The number of hydrogen-bond donors (Lipinski definition) is 2. The van der Waals surface area contributed by atoms with Crippen molar-refractivity contribution in [2.24, 2.45) is 11.8 Å². The van der Waals surface area contributed by atoms with E-state index < -0.39 is 35.5 Å². The van der Waals surface area contributed by atoms with Gasteiger partial charge in [-0.3, -0.25) is 14.5 Å². The number of anilines is 2. The molecule has 4 amide bonds. The molecule has 3 saturated heterocycles. The summed E-state index contributed by atoms with van der Waals surface area (Å²) in [5, 5.41) is 2.67. The zero-order valence-corrected chi connectivity index (χ0v) is 33.0. The summed E-state index contributed by atoms with van der Waals surface area (Å²) in [6.45, 7) is 4.23. The van der Waals surface area contributed by atoms with Crippen LogP contribution < -0.4 is 11.1 Å². The van der Waals surface area contributed by atoms with Gasteiger partial charge in [0.25, 0.3) is 5.91 Å². The van der Waals surface area contributed by atoms with E-state index in [0.717, 1.165) is 56.1 Å². The Kier molecular flexibility index (Phi) is 14.1. The summed E-state index contributed by atoms with van der Waals surface area (Å²) in [6, 6.07) is 9.47. The SMILES string of the molecule is COCCOC(=O)CN1CCC(C2CCN(C(=O)[C@@H](Cc3cc(Cl)c(N)c(C(F)(F)F)c3)OC(=O)N3CCC(N4CCc5ccccc5NC4=O)CC3)CC2)CC1. The van der Waals surface area contributed by atoms with Crippen LogP contribution in [0, 0.1) is 11.8 Å². The van der Waals surface area contributed by atoms with Crippen LogP contribution in [-0.2, 0) is 42.8 Å². The van der Waals surface area contributed by atoms with Crippen molar-refractivity contribution in [3.63, 3.8) is 0 Å². The molecule has 0 spiro atoms. The van der Waals surface area contributed by atoms with Gasteiger partial charge in [0.1, 0.15) is 6.61 Å². The molecule has 0 saturated carbocycles. The van der Waals surface area contributed by atoms with Crippen LogP contribution in [0.5, 0.6) is 0 Å². The fourth-order valence-corrected chi connectivity index (χ4v) is 8.80. The number of alkyl halides is 3. The predicted molar refractivity (Wildman–Crippen MR) is 207 cm³/mol. The van der Waals surface area contributed by atoms with Gasteiger partial charge < -0.3 is 40.0 Å². The number of benzene rings is 2. The second kappa shape index (κ2) is 19.0. The molecular weight excluding hydrogens is 769 g/mol. The lowest BCUT2D eigenvalue weighted by Gasteiger charge is -2.41. The molecule has 0 radical (unpaired) electrons. The van der Waals surface area contributed by atoms with E-state index in [9.17, 15) is 32.3 Å². The summed E-state index contributed by atoms with van der Waals surface area (Å²) in [5.41, 5.74) is 5.83. The Bertz CT molecular complexity index is 1740. The number of amides is 4. The molecule has 0 aliphatic carbocycles. The Balaban J connectivity index is 1.07.